The van der Waals surface area contributed by atoms with Gasteiger partial charge in [-0.1, -0.05) is 5.16 Å². The second kappa shape index (κ2) is 3.12. The van der Waals surface area contributed by atoms with Crippen molar-refractivity contribution in [2.45, 2.75) is 38.5 Å². The largest absolute Gasteiger partial charge is 0.481 e. The third-order valence-electron chi connectivity index (χ3n) is 4.35. The van der Waals surface area contributed by atoms with E-state index >= 15 is 0 Å². The summed E-state index contributed by atoms with van der Waals surface area (Å²) < 4.78 is 0. The maximum absolute atomic E-state index is 11.2. The molecule has 3 saturated carbocycles. The highest BCUT2D eigenvalue weighted by atomic mass is 16.4. The van der Waals surface area contributed by atoms with Gasteiger partial charge in [-0.05, 0) is 38.5 Å². The van der Waals surface area contributed by atoms with Crippen molar-refractivity contribution in [1.29, 1.82) is 0 Å². The highest BCUT2D eigenvalue weighted by Crippen LogP contribution is 2.56. The fourth-order valence-electron chi connectivity index (χ4n) is 3.00. The molecule has 3 rings (SSSR count). The van der Waals surface area contributed by atoms with Crippen LogP contribution in [0, 0.1) is 10.8 Å². The SMILES string of the molecule is N/C(=N/O)C12CCC(C(=O)O)(CC1)CC2. The zero-order chi connectivity index (χ0) is 11.1. The molecule has 0 aromatic heterocycles. The molecule has 0 atom stereocenters. The predicted molar refractivity (Wildman–Crippen MR) is 53.6 cm³/mol. The quantitative estimate of drug-likeness (QED) is 0.277. The molecule has 5 nitrogen and oxygen atoms in total. The van der Waals surface area contributed by atoms with Crippen LogP contribution in [0.4, 0.5) is 0 Å². The van der Waals surface area contributed by atoms with E-state index in [9.17, 15) is 9.90 Å². The van der Waals surface area contributed by atoms with Crippen molar-refractivity contribution in [2.75, 3.05) is 0 Å². The number of fused-ring (bicyclic) bond motifs is 3. The summed E-state index contributed by atoms with van der Waals surface area (Å²) in [5.41, 5.74) is 4.93. The maximum Gasteiger partial charge on any atom is 0.309 e. The van der Waals surface area contributed by atoms with Crippen LogP contribution >= 0.6 is 0 Å². The molecule has 2 bridgehead atoms. The third kappa shape index (κ3) is 1.29. The van der Waals surface area contributed by atoms with E-state index in [1.807, 2.05) is 0 Å². The number of carboxylic acids is 1. The summed E-state index contributed by atoms with van der Waals surface area (Å²) in [6.07, 6.45) is 4.15. The van der Waals surface area contributed by atoms with Gasteiger partial charge in [0.2, 0.25) is 0 Å². The predicted octanol–water partition coefficient (Wildman–Crippen LogP) is 1.16. The first-order valence-corrected chi connectivity index (χ1v) is 5.26. The number of hydrogen-bond donors (Lipinski definition) is 3. The molecule has 4 N–H and O–H groups in total. The Morgan fingerprint density at radius 3 is 1.80 bits per heavy atom. The third-order valence-corrected chi connectivity index (χ3v) is 4.35. The minimum absolute atomic E-state index is 0.230. The maximum atomic E-state index is 11.2. The van der Waals surface area contributed by atoms with Crippen LogP contribution in [0.5, 0.6) is 0 Å². The smallest absolute Gasteiger partial charge is 0.309 e. The summed E-state index contributed by atoms with van der Waals surface area (Å²) >= 11 is 0. The molecule has 3 fully saturated rings. The molecule has 0 saturated heterocycles. The van der Waals surface area contributed by atoms with Crippen molar-refractivity contribution < 1.29 is 15.1 Å². The van der Waals surface area contributed by atoms with E-state index in [-0.39, 0.29) is 11.3 Å². The molecule has 0 amide bonds. The minimum atomic E-state index is -0.685. The van der Waals surface area contributed by atoms with Gasteiger partial charge >= 0.3 is 5.97 Å². The van der Waals surface area contributed by atoms with Gasteiger partial charge < -0.3 is 16.0 Å². The number of nitrogens with zero attached hydrogens (tertiary/aromatic N) is 1. The molecular weight excluding hydrogens is 196 g/mol. The van der Waals surface area contributed by atoms with Gasteiger partial charge in [0.1, 0.15) is 5.84 Å². The lowest BCUT2D eigenvalue weighted by molar-refractivity contribution is -0.156. The Labute approximate surface area is 88.0 Å². The molecule has 5 heteroatoms. The zero-order valence-electron chi connectivity index (χ0n) is 8.57. The topological polar surface area (TPSA) is 95.9 Å². The molecule has 15 heavy (non-hydrogen) atoms. The highest BCUT2D eigenvalue weighted by molar-refractivity contribution is 5.87. The number of aliphatic carboxylic acids is 1. The Bertz CT molecular complexity index is 300. The van der Waals surface area contributed by atoms with Crippen LogP contribution < -0.4 is 5.73 Å². The van der Waals surface area contributed by atoms with Crippen molar-refractivity contribution >= 4 is 11.8 Å². The van der Waals surface area contributed by atoms with E-state index in [0.717, 1.165) is 19.3 Å². The number of nitrogens with two attached hydrogens (primary N) is 1. The number of carbonyl (C=O) groups is 1. The molecule has 3 aliphatic rings. The van der Waals surface area contributed by atoms with E-state index in [0.29, 0.717) is 19.3 Å². The van der Waals surface area contributed by atoms with Gasteiger partial charge in [-0.3, -0.25) is 4.79 Å². The Hall–Kier alpha value is -1.26. The number of hydrogen-bond acceptors (Lipinski definition) is 3. The van der Waals surface area contributed by atoms with E-state index in [1.54, 1.807) is 0 Å². The van der Waals surface area contributed by atoms with Crippen molar-refractivity contribution in [1.82, 2.24) is 0 Å². The van der Waals surface area contributed by atoms with E-state index in [2.05, 4.69) is 5.16 Å². The van der Waals surface area contributed by atoms with Crippen LogP contribution in [0.3, 0.4) is 0 Å². The van der Waals surface area contributed by atoms with E-state index in [1.165, 1.54) is 0 Å². The molecule has 0 aliphatic heterocycles. The molecule has 0 aromatic carbocycles. The van der Waals surface area contributed by atoms with Gasteiger partial charge in [-0.2, -0.15) is 0 Å². The van der Waals surface area contributed by atoms with Crippen LogP contribution in [0.25, 0.3) is 0 Å². The van der Waals surface area contributed by atoms with Gasteiger partial charge in [0.25, 0.3) is 0 Å². The van der Waals surface area contributed by atoms with Crippen LogP contribution in [0.1, 0.15) is 38.5 Å². The summed E-state index contributed by atoms with van der Waals surface area (Å²) in [6, 6.07) is 0. The molecule has 0 spiro atoms. The summed E-state index contributed by atoms with van der Waals surface area (Å²) in [5, 5.41) is 21.0. The Morgan fingerprint density at radius 1 is 1.07 bits per heavy atom. The lowest BCUT2D eigenvalue weighted by Crippen LogP contribution is -2.51. The minimum Gasteiger partial charge on any atom is -0.481 e. The summed E-state index contributed by atoms with van der Waals surface area (Å²) in [7, 11) is 0. The highest BCUT2D eigenvalue weighted by Gasteiger charge is 2.54. The van der Waals surface area contributed by atoms with Gasteiger partial charge in [0.05, 0.1) is 5.41 Å². The van der Waals surface area contributed by atoms with E-state index in [4.69, 9.17) is 10.9 Å². The number of oxime groups is 1. The molecule has 0 unspecified atom stereocenters. The molecular formula is C10H16N2O3. The standard InChI is InChI=1S/C10H16N2O3/c11-7(12-15)9-1-4-10(5-2-9,6-3-9)8(13)14/h15H,1-6H2,(H2,11,12)(H,13,14). The Kier molecular flexibility index (Phi) is 2.13. The van der Waals surface area contributed by atoms with E-state index < -0.39 is 11.4 Å². The molecule has 0 aromatic rings. The fraction of sp³-hybridized carbons (Fsp3) is 0.800. The average molecular weight is 212 g/mol. The summed E-state index contributed by atoms with van der Waals surface area (Å²) in [4.78, 5) is 11.2. The van der Waals surface area contributed by atoms with Crippen LogP contribution in [0.15, 0.2) is 5.16 Å². The number of amidine groups is 1. The van der Waals surface area contributed by atoms with Crippen LogP contribution in [-0.2, 0) is 4.79 Å². The molecule has 3 aliphatic carbocycles. The van der Waals surface area contributed by atoms with Crippen molar-refractivity contribution in [3.8, 4) is 0 Å². The lowest BCUT2D eigenvalue weighted by atomic mass is 9.53. The zero-order valence-corrected chi connectivity index (χ0v) is 8.57. The van der Waals surface area contributed by atoms with Crippen molar-refractivity contribution in [2.24, 2.45) is 21.7 Å². The molecule has 0 heterocycles. The van der Waals surface area contributed by atoms with Crippen LogP contribution in [-0.4, -0.2) is 22.1 Å². The summed E-state index contributed by atoms with van der Waals surface area (Å²) in [6.45, 7) is 0. The van der Waals surface area contributed by atoms with Crippen LogP contribution in [0.2, 0.25) is 0 Å². The monoisotopic (exact) mass is 212 g/mol. The average Bonchev–Trinajstić information content (AvgIpc) is 2.30. The fourth-order valence-corrected chi connectivity index (χ4v) is 3.00. The second-order valence-electron chi connectivity index (χ2n) is 4.85. The van der Waals surface area contributed by atoms with Gasteiger partial charge in [-0.15, -0.1) is 0 Å². The second-order valence-corrected chi connectivity index (χ2v) is 4.85. The molecule has 84 valence electrons. The molecule has 0 radical (unpaired) electrons. The lowest BCUT2D eigenvalue weighted by Gasteiger charge is -2.50. The van der Waals surface area contributed by atoms with Crippen molar-refractivity contribution in [3.63, 3.8) is 0 Å². The normalized spacial score (nSPS) is 40.4. The van der Waals surface area contributed by atoms with Gasteiger partial charge in [-0.25, -0.2) is 0 Å². The van der Waals surface area contributed by atoms with Gasteiger partial charge in [0, 0.05) is 5.41 Å². The Balaban J connectivity index is 2.21. The first-order chi connectivity index (χ1) is 7.05. The first kappa shape index (κ1) is 10.3. The first-order valence-electron chi connectivity index (χ1n) is 5.26. The Morgan fingerprint density at radius 2 is 1.47 bits per heavy atom. The number of rotatable bonds is 2. The van der Waals surface area contributed by atoms with Gasteiger partial charge in [0.15, 0.2) is 0 Å². The number of carboxylic acid groups (broad SMARTS) is 1. The summed E-state index contributed by atoms with van der Waals surface area (Å²) in [5.74, 6) is -0.406. The van der Waals surface area contributed by atoms with Crippen molar-refractivity contribution in [3.05, 3.63) is 0 Å².